The molecule has 0 aliphatic carbocycles. The number of aliphatic imine (C=N–C) groups is 1. The molecule has 0 radical (unpaired) electrons. The zero-order chi connectivity index (χ0) is 23.9. The molecule has 1 atom stereocenters. The molecule has 32 heavy (non-hydrogen) atoms. The summed E-state index contributed by atoms with van der Waals surface area (Å²) >= 11 is 5.92. The van der Waals surface area contributed by atoms with Gasteiger partial charge in [-0.25, -0.2) is 15.0 Å². The van der Waals surface area contributed by atoms with Crippen LogP contribution in [-0.2, 0) is 10.8 Å². The smallest absolute Gasteiger partial charge is 0.180 e. The van der Waals surface area contributed by atoms with Crippen LogP contribution >= 0.6 is 11.6 Å². The summed E-state index contributed by atoms with van der Waals surface area (Å²) in [6, 6.07) is 14.2. The van der Waals surface area contributed by atoms with Gasteiger partial charge >= 0.3 is 0 Å². The molecular weight excluding hydrogens is 440 g/mol. The lowest BCUT2D eigenvalue weighted by Crippen LogP contribution is -2.35. The normalized spacial score (nSPS) is 14.6. The van der Waals surface area contributed by atoms with Crippen molar-refractivity contribution in [3.8, 4) is 0 Å². The first kappa shape index (κ1) is 26.8. The first-order valence-electron chi connectivity index (χ1n) is 9.73. The van der Waals surface area contributed by atoms with Crippen molar-refractivity contribution in [3.63, 3.8) is 0 Å². The van der Waals surface area contributed by atoms with E-state index in [1.54, 1.807) is 42.6 Å². The van der Waals surface area contributed by atoms with Crippen molar-refractivity contribution < 1.29 is 4.21 Å². The molecule has 0 saturated carbocycles. The number of nitrogens with two attached hydrogens (primary N) is 2. The molecule has 5 nitrogen and oxygen atoms in total. The van der Waals surface area contributed by atoms with Crippen LogP contribution in [0.1, 0.15) is 19.4 Å². The van der Waals surface area contributed by atoms with Crippen LogP contribution in [0.4, 0.5) is 5.69 Å². The van der Waals surface area contributed by atoms with E-state index in [2.05, 4.69) is 18.2 Å². The third kappa shape index (κ3) is 8.15. The fourth-order valence-corrected chi connectivity index (χ4v) is 3.63. The second-order valence-electron chi connectivity index (χ2n) is 6.12. The summed E-state index contributed by atoms with van der Waals surface area (Å²) in [5.74, 6) is 6.32. The van der Waals surface area contributed by atoms with Crippen molar-refractivity contribution in [1.29, 1.82) is 0 Å². The number of hydrogen-bond donors (Lipinski definition) is 2. The van der Waals surface area contributed by atoms with Crippen molar-refractivity contribution >= 4 is 34.3 Å². The lowest BCUT2D eigenvalue weighted by Gasteiger charge is -2.25. The molecule has 0 saturated heterocycles. The van der Waals surface area contributed by atoms with Gasteiger partial charge < -0.3 is 5.73 Å². The molecule has 168 valence electrons. The molecule has 4 N–H and O–H groups in total. The van der Waals surface area contributed by atoms with Gasteiger partial charge in [0, 0.05) is 21.7 Å². The number of allylic oxidation sites excluding steroid dienone is 6. The van der Waals surface area contributed by atoms with Crippen LogP contribution in [0.3, 0.4) is 0 Å². The first-order valence-corrected chi connectivity index (χ1v) is 11.3. The van der Waals surface area contributed by atoms with E-state index in [0.717, 1.165) is 11.3 Å². The van der Waals surface area contributed by atoms with E-state index < -0.39 is 10.8 Å². The lowest BCUT2D eigenvalue weighted by atomic mass is 10.1. The van der Waals surface area contributed by atoms with Gasteiger partial charge in [-0.3, -0.25) is 5.01 Å². The average molecular weight is 469 g/mol. The Morgan fingerprint density at radius 2 is 1.69 bits per heavy atom. The van der Waals surface area contributed by atoms with E-state index in [9.17, 15) is 4.21 Å². The molecule has 0 aromatic heterocycles. The minimum atomic E-state index is -1.60. The molecule has 0 amide bonds. The summed E-state index contributed by atoms with van der Waals surface area (Å²) in [5, 5.41) is 1.91. The number of hydrazine groups is 1. The third-order valence-corrected chi connectivity index (χ3v) is 5.34. The predicted molar refractivity (Wildman–Crippen MR) is 140 cm³/mol. The van der Waals surface area contributed by atoms with Crippen molar-refractivity contribution in [3.05, 3.63) is 120 Å². The molecule has 7 heteroatoms. The zero-order valence-corrected chi connectivity index (χ0v) is 19.9. The van der Waals surface area contributed by atoms with Gasteiger partial charge in [0.15, 0.2) is 5.82 Å². The van der Waals surface area contributed by atoms with Crippen molar-refractivity contribution in [1.82, 2.24) is 0 Å². The fourth-order valence-electron chi connectivity index (χ4n) is 2.37. The summed E-state index contributed by atoms with van der Waals surface area (Å²) in [6.45, 7) is 10.8. The van der Waals surface area contributed by atoms with Crippen molar-refractivity contribution in [2.45, 2.75) is 18.7 Å². The maximum absolute atomic E-state index is 12.6. The molecule has 1 aliphatic heterocycles. The molecule has 0 fully saturated rings. The van der Waals surface area contributed by atoms with Crippen LogP contribution in [0.15, 0.2) is 119 Å². The number of para-hydroxylation sites is 1. The summed E-state index contributed by atoms with van der Waals surface area (Å²) in [7, 11) is -1.60. The van der Waals surface area contributed by atoms with Gasteiger partial charge in [0.25, 0.3) is 0 Å². The van der Waals surface area contributed by atoms with E-state index in [0.29, 0.717) is 9.92 Å². The first-order chi connectivity index (χ1) is 15.4. The number of anilines is 1. The average Bonchev–Trinajstić information content (AvgIpc) is 2.80. The molecule has 1 aliphatic rings. The molecule has 2 aromatic rings. The minimum Gasteiger partial charge on any atom is -0.388 e. The molecule has 1 unspecified atom stereocenters. The maximum Gasteiger partial charge on any atom is 0.180 e. The highest BCUT2D eigenvalue weighted by atomic mass is 35.5. The van der Waals surface area contributed by atoms with E-state index >= 15 is 0 Å². The number of rotatable bonds is 4. The quantitative estimate of drug-likeness (QED) is 0.435. The van der Waals surface area contributed by atoms with Gasteiger partial charge in [0.05, 0.1) is 5.69 Å². The number of halogens is 1. The Morgan fingerprint density at radius 1 is 1.06 bits per heavy atom. The van der Waals surface area contributed by atoms with Gasteiger partial charge in [-0.1, -0.05) is 85.5 Å². The van der Waals surface area contributed by atoms with E-state index in [1.807, 2.05) is 62.4 Å². The van der Waals surface area contributed by atoms with Crippen LogP contribution in [0.2, 0.25) is 5.02 Å². The Balaban J connectivity index is 0.000000431. The topological polar surface area (TPSA) is 84.7 Å². The fraction of sp³-hybridized carbons (Fsp3) is 0.0800. The van der Waals surface area contributed by atoms with Crippen LogP contribution in [0.5, 0.6) is 0 Å². The summed E-state index contributed by atoms with van der Waals surface area (Å²) in [6.07, 6.45) is 12.8. The predicted octanol–water partition coefficient (Wildman–Crippen LogP) is 5.84. The number of nitrogens with zero attached hydrogens (tertiary/aromatic N) is 2. The monoisotopic (exact) mass is 468 g/mol. The van der Waals surface area contributed by atoms with Crippen LogP contribution in [0, 0.1) is 0 Å². The molecule has 0 spiro atoms. The SMILES string of the molecule is C=C/C=C\C.C=C/C=C\C.N/C(=C1/N=Cc2ccccc2N1N)S(=O)c1cccc(Cl)c1. The van der Waals surface area contributed by atoms with E-state index in [-0.39, 0.29) is 10.9 Å². The van der Waals surface area contributed by atoms with Crippen molar-refractivity contribution in [2.24, 2.45) is 16.6 Å². The highest BCUT2D eigenvalue weighted by Crippen LogP contribution is 2.27. The van der Waals surface area contributed by atoms with E-state index in [1.165, 1.54) is 5.01 Å². The highest BCUT2D eigenvalue weighted by Gasteiger charge is 2.21. The molecular formula is C25H29ClN4OS. The Morgan fingerprint density at radius 3 is 2.22 bits per heavy atom. The Kier molecular flexibility index (Phi) is 12.4. The van der Waals surface area contributed by atoms with Crippen LogP contribution < -0.4 is 16.6 Å². The minimum absolute atomic E-state index is 0.0792. The molecule has 0 bridgehead atoms. The second-order valence-corrected chi connectivity index (χ2v) is 8.01. The second kappa shape index (κ2) is 14.8. The summed E-state index contributed by atoms with van der Waals surface area (Å²) in [5.41, 5.74) is 7.64. The van der Waals surface area contributed by atoms with Gasteiger partial charge in [-0.05, 0) is 38.1 Å². The maximum atomic E-state index is 12.6. The van der Waals surface area contributed by atoms with E-state index in [4.69, 9.17) is 23.2 Å². The van der Waals surface area contributed by atoms with Gasteiger partial charge in [0.2, 0.25) is 0 Å². The van der Waals surface area contributed by atoms with Gasteiger partial charge in [-0.15, -0.1) is 0 Å². The molecule has 3 rings (SSSR count). The van der Waals surface area contributed by atoms with Gasteiger partial charge in [-0.2, -0.15) is 0 Å². The van der Waals surface area contributed by atoms with Crippen molar-refractivity contribution in [2.75, 3.05) is 5.01 Å². The largest absolute Gasteiger partial charge is 0.388 e. The van der Waals surface area contributed by atoms with Crippen LogP contribution in [0.25, 0.3) is 0 Å². The Labute approximate surface area is 198 Å². The zero-order valence-electron chi connectivity index (χ0n) is 18.3. The molecule has 2 aromatic carbocycles. The Hall–Kier alpha value is -3.19. The number of fused-ring (bicyclic) bond motifs is 1. The summed E-state index contributed by atoms with van der Waals surface area (Å²) < 4.78 is 12.6. The third-order valence-electron chi connectivity index (χ3n) is 3.84. The standard InChI is InChI=1S/C15H13ClN4OS.2C5H8/c16-11-5-3-6-12(8-11)22(21)14(17)15-19-9-10-4-1-2-7-13(10)20(15)18;2*1-3-5-4-2/h1-9H,17-18H2;2*3-5H,1H2,2H3/b15-14+;2*5-4-. The Bertz CT molecular complexity index is 1040. The number of benzene rings is 2. The number of hydrogen-bond acceptors (Lipinski definition) is 5. The molecule has 1 heterocycles. The lowest BCUT2D eigenvalue weighted by molar-refractivity contribution is 0.685. The highest BCUT2D eigenvalue weighted by molar-refractivity contribution is 7.89. The van der Waals surface area contributed by atoms with Crippen LogP contribution in [-0.4, -0.2) is 10.4 Å². The van der Waals surface area contributed by atoms with Gasteiger partial charge in [0.1, 0.15) is 15.8 Å². The summed E-state index contributed by atoms with van der Waals surface area (Å²) in [4.78, 5) is 4.73.